The minimum atomic E-state index is -3.36. The molecule has 0 saturated carbocycles. The van der Waals surface area contributed by atoms with E-state index in [-0.39, 0.29) is 17.5 Å². The Morgan fingerprint density at radius 2 is 1.62 bits per heavy atom. The number of sulfone groups is 2. The molecule has 2 unspecified atom stereocenters. The molecule has 0 rings (SSSR count). The van der Waals surface area contributed by atoms with Crippen molar-refractivity contribution in [1.29, 1.82) is 0 Å². The lowest BCUT2D eigenvalue weighted by Crippen LogP contribution is -2.42. The molecule has 2 atom stereocenters. The van der Waals surface area contributed by atoms with Crippen molar-refractivity contribution in [3.05, 3.63) is 0 Å². The summed E-state index contributed by atoms with van der Waals surface area (Å²) in [6.45, 7) is 3.51. The Labute approximate surface area is 98.5 Å². The van der Waals surface area contributed by atoms with Crippen LogP contribution in [0.1, 0.15) is 20.3 Å². The van der Waals surface area contributed by atoms with Crippen LogP contribution in [0.5, 0.6) is 0 Å². The molecule has 0 aliphatic rings. The normalized spacial score (nSPS) is 17.0. The highest BCUT2D eigenvalue weighted by Gasteiger charge is 2.27. The third-order valence-electron chi connectivity index (χ3n) is 2.68. The lowest BCUT2D eigenvalue weighted by molar-refractivity contribution is 0.505. The minimum Gasteiger partial charge on any atom is -0.316 e. The Morgan fingerprint density at radius 3 is 1.94 bits per heavy atom. The van der Waals surface area contributed by atoms with Crippen LogP contribution in [0.3, 0.4) is 0 Å². The Kier molecular flexibility index (Phi) is 5.92. The van der Waals surface area contributed by atoms with E-state index in [9.17, 15) is 16.8 Å². The molecule has 0 amide bonds. The summed E-state index contributed by atoms with van der Waals surface area (Å²) >= 11 is 0. The zero-order chi connectivity index (χ0) is 13.0. The van der Waals surface area contributed by atoms with Crippen LogP contribution >= 0.6 is 0 Å². The number of nitrogens with one attached hydrogen (secondary N) is 1. The summed E-state index contributed by atoms with van der Waals surface area (Å²) < 4.78 is 45.5. The van der Waals surface area contributed by atoms with Crippen LogP contribution in [0.25, 0.3) is 0 Å². The monoisotopic (exact) mass is 271 g/mol. The minimum absolute atomic E-state index is 0.135. The van der Waals surface area contributed by atoms with Crippen molar-refractivity contribution in [3.8, 4) is 0 Å². The molecule has 7 heteroatoms. The first-order valence-electron chi connectivity index (χ1n) is 5.20. The van der Waals surface area contributed by atoms with Gasteiger partial charge in [0.1, 0.15) is 9.84 Å². The van der Waals surface area contributed by atoms with Gasteiger partial charge in [-0.2, -0.15) is 0 Å². The Hall–Kier alpha value is -0.140. The highest BCUT2D eigenvalue weighted by atomic mass is 32.2. The first-order valence-corrected chi connectivity index (χ1v) is 8.98. The predicted octanol–water partition coefficient (Wildman–Crippen LogP) is -0.168. The first kappa shape index (κ1) is 15.9. The van der Waals surface area contributed by atoms with Gasteiger partial charge in [0.15, 0.2) is 9.84 Å². The topological polar surface area (TPSA) is 80.3 Å². The predicted molar refractivity (Wildman–Crippen MR) is 66.1 cm³/mol. The van der Waals surface area contributed by atoms with Crippen LogP contribution in [-0.4, -0.2) is 52.9 Å². The van der Waals surface area contributed by atoms with Crippen molar-refractivity contribution in [3.63, 3.8) is 0 Å². The molecule has 0 radical (unpaired) electrons. The molecule has 0 aromatic heterocycles. The van der Waals surface area contributed by atoms with Gasteiger partial charge in [-0.25, -0.2) is 16.8 Å². The van der Waals surface area contributed by atoms with Gasteiger partial charge in [-0.3, -0.25) is 0 Å². The maximum Gasteiger partial charge on any atom is 0.155 e. The zero-order valence-electron chi connectivity index (χ0n) is 10.2. The summed E-state index contributed by atoms with van der Waals surface area (Å²) in [6, 6.07) is -0.135. The second-order valence-electron chi connectivity index (χ2n) is 4.01. The summed E-state index contributed by atoms with van der Waals surface area (Å²) in [5.41, 5.74) is 0. The average molecular weight is 271 g/mol. The van der Waals surface area contributed by atoms with E-state index in [1.165, 1.54) is 0 Å². The average Bonchev–Trinajstić information content (AvgIpc) is 2.16. The number of hydrogen-bond acceptors (Lipinski definition) is 5. The molecule has 5 nitrogen and oxygen atoms in total. The van der Waals surface area contributed by atoms with Crippen molar-refractivity contribution in [2.75, 3.05) is 24.8 Å². The second-order valence-corrected chi connectivity index (χ2v) is 8.74. The standard InChI is InChI=1S/C9H21NO4S2/c1-5-9(10-3)8(2)16(13,14)7-6-15(4,11)12/h8-10H,5-7H2,1-4H3. The zero-order valence-corrected chi connectivity index (χ0v) is 11.9. The molecular weight excluding hydrogens is 250 g/mol. The largest absolute Gasteiger partial charge is 0.316 e. The Morgan fingerprint density at radius 1 is 1.12 bits per heavy atom. The molecule has 0 spiro atoms. The summed E-state index contributed by atoms with van der Waals surface area (Å²) in [5, 5.41) is 2.36. The molecule has 0 bridgehead atoms. The van der Waals surface area contributed by atoms with Crippen molar-refractivity contribution in [1.82, 2.24) is 5.32 Å². The van der Waals surface area contributed by atoms with Gasteiger partial charge in [0.2, 0.25) is 0 Å². The van der Waals surface area contributed by atoms with E-state index in [1.807, 2.05) is 6.92 Å². The molecule has 0 aromatic rings. The van der Waals surface area contributed by atoms with Crippen LogP contribution < -0.4 is 5.32 Å². The summed E-state index contributed by atoms with van der Waals surface area (Å²) in [6.07, 6.45) is 1.73. The highest BCUT2D eigenvalue weighted by molar-refractivity contribution is 7.95. The third kappa shape index (κ3) is 5.27. The Balaban J connectivity index is 4.67. The molecule has 0 saturated heterocycles. The van der Waals surface area contributed by atoms with E-state index in [1.54, 1.807) is 14.0 Å². The summed E-state index contributed by atoms with van der Waals surface area (Å²) in [5.74, 6) is -0.606. The molecule has 98 valence electrons. The molecular formula is C9H21NO4S2. The summed E-state index contributed by atoms with van der Waals surface area (Å²) in [7, 11) is -4.88. The van der Waals surface area contributed by atoms with Gasteiger partial charge in [0.05, 0.1) is 16.8 Å². The van der Waals surface area contributed by atoms with Crippen LogP contribution in [-0.2, 0) is 19.7 Å². The number of hydrogen-bond donors (Lipinski definition) is 1. The maximum absolute atomic E-state index is 11.8. The molecule has 0 heterocycles. The molecule has 0 aliphatic heterocycles. The van der Waals surface area contributed by atoms with Crippen LogP contribution in [0, 0.1) is 0 Å². The van der Waals surface area contributed by atoms with Gasteiger partial charge < -0.3 is 5.32 Å². The number of rotatable bonds is 7. The van der Waals surface area contributed by atoms with Gasteiger partial charge in [-0.05, 0) is 20.4 Å². The first-order chi connectivity index (χ1) is 7.14. The highest BCUT2D eigenvalue weighted by Crippen LogP contribution is 2.10. The molecule has 0 aromatic carbocycles. The fourth-order valence-corrected chi connectivity index (χ4v) is 4.82. The molecule has 0 fully saturated rings. The van der Waals surface area contributed by atoms with Gasteiger partial charge in [-0.1, -0.05) is 6.92 Å². The van der Waals surface area contributed by atoms with E-state index < -0.39 is 24.9 Å². The summed E-state index contributed by atoms with van der Waals surface area (Å²) in [4.78, 5) is 0. The SMILES string of the molecule is CCC(NC)C(C)S(=O)(=O)CCS(C)(=O)=O. The van der Waals surface area contributed by atoms with Crippen molar-refractivity contribution in [2.45, 2.75) is 31.6 Å². The van der Waals surface area contributed by atoms with E-state index >= 15 is 0 Å². The fraction of sp³-hybridized carbons (Fsp3) is 1.00. The van der Waals surface area contributed by atoms with Crippen LogP contribution in [0.4, 0.5) is 0 Å². The van der Waals surface area contributed by atoms with E-state index in [4.69, 9.17) is 0 Å². The van der Waals surface area contributed by atoms with E-state index in [2.05, 4.69) is 5.32 Å². The fourth-order valence-electron chi connectivity index (χ4n) is 1.47. The van der Waals surface area contributed by atoms with Crippen molar-refractivity contribution in [2.24, 2.45) is 0 Å². The van der Waals surface area contributed by atoms with Crippen LogP contribution in [0.2, 0.25) is 0 Å². The lowest BCUT2D eigenvalue weighted by atomic mass is 10.2. The smallest absolute Gasteiger partial charge is 0.155 e. The van der Waals surface area contributed by atoms with Crippen LogP contribution in [0.15, 0.2) is 0 Å². The third-order valence-corrected chi connectivity index (χ3v) is 6.12. The van der Waals surface area contributed by atoms with Gasteiger partial charge >= 0.3 is 0 Å². The second kappa shape index (κ2) is 5.97. The quantitative estimate of drug-likeness (QED) is 0.695. The van der Waals surface area contributed by atoms with E-state index in [0.29, 0.717) is 6.42 Å². The van der Waals surface area contributed by atoms with Crippen molar-refractivity contribution < 1.29 is 16.8 Å². The van der Waals surface area contributed by atoms with Gasteiger partial charge in [-0.15, -0.1) is 0 Å². The van der Waals surface area contributed by atoms with Crippen molar-refractivity contribution >= 4 is 19.7 Å². The van der Waals surface area contributed by atoms with Gasteiger partial charge in [0.25, 0.3) is 0 Å². The Bertz CT molecular complexity index is 395. The van der Waals surface area contributed by atoms with E-state index in [0.717, 1.165) is 6.26 Å². The maximum atomic E-state index is 11.8. The molecule has 16 heavy (non-hydrogen) atoms. The molecule has 1 N–H and O–H groups in total. The lowest BCUT2D eigenvalue weighted by Gasteiger charge is -2.22. The van der Waals surface area contributed by atoms with Gasteiger partial charge in [0, 0.05) is 12.3 Å². The molecule has 0 aliphatic carbocycles.